The minimum Gasteiger partial charge on any atom is -0.368 e. The van der Waals surface area contributed by atoms with Gasteiger partial charge < -0.3 is 15.5 Å². The molecule has 0 aromatic heterocycles. The zero-order valence-corrected chi connectivity index (χ0v) is 13.6. The van der Waals surface area contributed by atoms with Crippen LogP contribution in [0, 0.1) is 5.82 Å². The largest absolute Gasteiger partial charge is 0.368 e. The first-order chi connectivity index (χ1) is 11.6. The maximum Gasteiger partial charge on any atom is 0.239 e. The monoisotopic (exact) mass is 327 g/mol. The highest BCUT2D eigenvalue weighted by molar-refractivity contribution is 5.82. The Balaban J connectivity index is 1.54. The van der Waals surface area contributed by atoms with E-state index in [0.717, 1.165) is 24.3 Å². The summed E-state index contributed by atoms with van der Waals surface area (Å²) in [7, 11) is 0. The topological polar surface area (TPSA) is 49.6 Å². The number of carbonyl (C=O) groups excluding carboxylic acids is 1. The van der Waals surface area contributed by atoms with E-state index in [-0.39, 0.29) is 11.7 Å². The highest BCUT2D eigenvalue weighted by Crippen LogP contribution is 2.17. The molecule has 2 N–H and O–H groups in total. The maximum absolute atomic E-state index is 13.0. The molecule has 2 aromatic carbocycles. The van der Waals surface area contributed by atoms with Gasteiger partial charge in [-0.15, -0.1) is 0 Å². The van der Waals surface area contributed by atoms with E-state index in [1.165, 1.54) is 12.1 Å². The molecule has 0 unspecified atom stereocenters. The molecule has 1 saturated heterocycles. The normalized spacial score (nSPS) is 16.1. The van der Waals surface area contributed by atoms with Crippen molar-refractivity contribution in [3.63, 3.8) is 0 Å². The number of hydrogen-bond donors (Lipinski definition) is 1. The van der Waals surface area contributed by atoms with Gasteiger partial charge in [0.2, 0.25) is 5.91 Å². The van der Waals surface area contributed by atoms with E-state index < -0.39 is 6.04 Å². The molecule has 4 nitrogen and oxygen atoms in total. The SMILES string of the molecule is N[C@@H](Cc1ccccc1)C(=O)N1CCN(c2ccc(F)cc2)CC1. The molecule has 1 heterocycles. The number of nitrogens with zero attached hydrogens (tertiary/aromatic N) is 2. The van der Waals surface area contributed by atoms with E-state index in [2.05, 4.69) is 4.90 Å². The summed E-state index contributed by atoms with van der Waals surface area (Å²) in [6, 6.07) is 15.8. The van der Waals surface area contributed by atoms with Gasteiger partial charge in [-0.2, -0.15) is 0 Å². The van der Waals surface area contributed by atoms with Crippen LogP contribution in [-0.2, 0) is 11.2 Å². The van der Waals surface area contributed by atoms with Crippen molar-refractivity contribution in [1.82, 2.24) is 4.90 Å². The summed E-state index contributed by atoms with van der Waals surface area (Å²) in [5.74, 6) is -0.239. The molecule has 24 heavy (non-hydrogen) atoms. The van der Waals surface area contributed by atoms with Crippen molar-refractivity contribution in [2.45, 2.75) is 12.5 Å². The summed E-state index contributed by atoms with van der Waals surface area (Å²) in [6.07, 6.45) is 0.553. The van der Waals surface area contributed by atoms with E-state index in [9.17, 15) is 9.18 Å². The fraction of sp³-hybridized carbons (Fsp3) is 0.316. The highest BCUT2D eigenvalue weighted by Gasteiger charge is 2.25. The van der Waals surface area contributed by atoms with Gasteiger partial charge in [-0.25, -0.2) is 4.39 Å². The molecule has 1 atom stereocenters. The molecule has 1 aliphatic rings. The number of rotatable bonds is 4. The van der Waals surface area contributed by atoms with Crippen LogP contribution < -0.4 is 10.6 Å². The van der Waals surface area contributed by atoms with Gasteiger partial charge in [-0.1, -0.05) is 30.3 Å². The van der Waals surface area contributed by atoms with E-state index in [1.807, 2.05) is 35.2 Å². The lowest BCUT2D eigenvalue weighted by molar-refractivity contribution is -0.132. The summed E-state index contributed by atoms with van der Waals surface area (Å²) >= 11 is 0. The molecule has 0 aliphatic carbocycles. The number of piperazine rings is 1. The molecule has 0 saturated carbocycles. The first kappa shape index (κ1) is 16.5. The zero-order chi connectivity index (χ0) is 16.9. The smallest absolute Gasteiger partial charge is 0.239 e. The van der Waals surface area contributed by atoms with Gasteiger partial charge in [-0.05, 0) is 36.2 Å². The quantitative estimate of drug-likeness (QED) is 0.935. The van der Waals surface area contributed by atoms with Crippen LogP contribution in [-0.4, -0.2) is 43.0 Å². The third kappa shape index (κ3) is 3.92. The Bertz CT molecular complexity index is 667. The molecule has 0 spiro atoms. The summed E-state index contributed by atoms with van der Waals surface area (Å²) in [6.45, 7) is 2.74. The van der Waals surface area contributed by atoms with Crippen molar-refractivity contribution in [3.05, 3.63) is 66.0 Å². The molecule has 0 bridgehead atoms. The van der Waals surface area contributed by atoms with Crippen molar-refractivity contribution in [2.75, 3.05) is 31.1 Å². The summed E-state index contributed by atoms with van der Waals surface area (Å²) in [4.78, 5) is 16.5. The fourth-order valence-corrected chi connectivity index (χ4v) is 3.03. The number of carbonyl (C=O) groups is 1. The zero-order valence-electron chi connectivity index (χ0n) is 13.6. The fourth-order valence-electron chi connectivity index (χ4n) is 3.03. The third-order valence-corrected chi connectivity index (χ3v) is 4.40. The second-order valence-electron chi connectivity index (χ2n) is 6.08. The van der Waals surface area contributed by atoms with Crippen LogP contribution in [0.4, 0.5) is 10.1 Å². The van der Waals surface area contributed by atoms with Crippen LogP contribution in [0.25, 0.3) is 0 Å². The van der Waals surface area contributed by atoms with Gasteiger partial charge in [-0.3, -0.25) is 4.79 Å². The molecule has 1 amide bonds. The van der Waals surface area contributed by atoms with Crippen molar-refractivity contribution < 1.29 is 9.18 Å². The number of amides is 1. The van der Waals surface area contributed by atoms with Crippen LogP contribution in [0.1, 0.15) is 5.56 Å². The molecule has 3 rings (SSSR count). The van der Waals surface area contributed by atoms with Crippen LogP contribution in [0.3, 0.4) is 0 Å². The van der Waals surface area contributed by atoms with E-state index >= 15 is 0 Å². The Hall–Kier alpha value is -2.40. The van der Waals surface area contributed by atoms with E-state index in [0.29, 0.717) is 19.5 Å². The minimum atomic E-state index is -0.509. The first-order valence-electron chi connectivity index (χ1n) is 8.22. The number of hydrogen-bond acceptors (Lipinski definition) is 3. The highest BCUT2D eigenvalue weighted by atomic mass is 19.1. The van der Waals surface area contributed by atoms with Gasteiger partial charge in [0.15, 0.2) is 0 Å². The van der Waals surface area contributed by atoms with E-state index in [1.54, 1.807) is 12.1 Å². The second-order valence-corrected chi connectivity index (χ2v) is 6.08. The molecule has 126 valence electrons. The molecule has 1 fully saturated rings. The van der Waals surface area contributed by atoms with Gasteiger partial charge >= 0.3 is 0 Å². The van der Waals surface area contributed by atoms with Crippen LogP contribution in [0.15, 0.2) is 54.6 Å². The standard InChI is InChI=1S/C19H22FN3O/c20-16-6-8-17(9-7-16)22-10-12-23(13-11-22)19(24)18(21)14-15-4-2-1-3-5-15/h1-9,18H,10-14,21H2/t18-/m0/s1. The Morgan fingerprint density at radius 2 is 1.62 bits per heavy atom. The number of halogens is 1. The average Bonchev–Trinajstić information content (AvgIpc) is 2.63. The van der Waals surface area contributed by atoms with Crippen molar-refractivity contribution in [1.29, 1.82) is 0 Å². The van der Waals surface area contributed by atoms with Crippen LogP contribution in [0.2, 0.25) is 0 Å². The average molecular weight is 327 g/mol. The predicted molar refractivity (Wildman–Crippen MR) is 93.3 cm³/mol. The first-order valence-corrected chi connectivity index (χ1v) is 8.22. The van der Waals surface area contributed by atoms with E-state index in [4.69, 9.17) is 5.73 Å². The molecule has 5 heteroatoms. The Morgan fingerprint density at radius 1 is 1.00 bits per heavy atom. The lowest BCUT2D eigenvalue weighted by Crippen LogP contribution is -2.53. The Labute approximate surface area is 141 Å². The number of nitrogens with two attached hydrogens (primary N) is 1. The Kier molecular flexibility index (Phi) is 5.11. The second kappa shape index (κ2) is 7.45. The molecule has 0 radical (unpaired) electrons. The molecular weight excluding hydrogens is 305 g/mol. The molecule has 1 aliphatic heterocycles. The van der Waals surface area contributed by atoms with Gasteiger partial charge in [0.05, 0.1) is 6.04 Å². The Morgan fingerprint density at radius 3 is 2.25 bits per heavy atom. The maximum atomic E-state index is 13.0. The molecular formula is C19H22FN3O. The van der Waals surface area contributed by atoms with Gasteiger partial charge in [0, 0.05) is 31.9 Å². The summed E-state index contributed by atoms with van der Waals surface area (Å²) < 4.78 is 13.0. The van der Waals surface area contributed by atoms with Crippen molar-refractivity contribution in [3.8, 4) is 0 Å². The minimum absolute atomic E-state index is 0.00221. The number of anilines is 1. The number of benzene rings is 2. The van der Waals surface area contributed by atoms with Crippen molar-refractivity contribution >= 4 is 11.6 Å². The van der Waals surface area contributed by atoms with Crippen molar-refractivity contribution in [2.24, 2.45) is 5.73 Å². The lowest BCUT2D eigenvalue weighted by atomic mass is 10.1. The van der Waals surface area contributed by atoms with Gasteiger partial charge in [0.1, 0.15) is 5.82 Å². The van der Waals surface area contributed by atoms with Gasteiger partial charge in [0.25, 0.3) is 0 Å². The summed E-state index contributed by atoms with van der Waals surface area (Å²) in [5, 5.41) is 0. The van der Waals surface area contributed by atoms with Crippen LogP contribution >= 0.6 is 0 Å². The third-order valence-electron chi connectivity index (χ3n) is 4.40. The molecule has 2 aromatic rings. The predicted octanol–water partition coefficient (Wildman–Crippen LogP) is 2.04. The summed E-state index contributed by atoms with van der Waals surface area (Å²) in [5.41, 5.74) is 8.15. The lowest BCUT2D eigenvalue weighted by Gasteiger charge is -2.37. The van der Waals surface area contributed by atoms with Crippen LogP contribution in [0.5, 0.6) is 0 Å².